The van der Waals surface area contributed by atoms with E-state index in [0.29, 0.717) is 29.6 Å². The molecule has 1 aliphatic carbocycles. The first-order valence-electron chi connectivity index (χ1n) is 19.6. The van der Waals surface area contributed by atoms with E-state index in [2.05, 4.69) is 150 Å². The van der Waals surface area contributed by atoms with E-state index in [-0.39, 0.29) is 0 Å². The Morgan fingerprint density at radius 1 is 0.865 bits per heavy atom. The van der Waals surface area contributed by atoms with Gasteiger partial charge in [0.1, 0.15) is 17.3 Å². The third-order valence-corrected chi connectivity index (χ3v) is 11.0. The summed E-state index contributed by atoms with van der Waals surface area (Å²) in [4.78, 5) is 4.87. The van der Waals surface area contributed by atoms with E-state index in [1.54, 1.807) is 0 Å². The summed E-state index contributed by atoms with van der Waals surface area (Å²) in [5.74, 6) is 4.97. The van der Waals surface area contributed by atoms with Gasteiger partial charge in [-0.3, -0.25) is 4.57 Å². The Hall–Kier alpha value is -4.64. The van der Waals surface area contributed by atoms with Crippen molar-refractivity contribution in [2.75, 3.05) is 0 Å². The van der Waals surface area contributed by atoms with Crippen molar-refractivity contribution in [3.05, 3.63) is 119 Å². The van der Waals surface area contributed by atoms with Gasteiger partial charge in [0, 0.05) is 46.3 Å². The van der Waals surface area contributed by atoms with Gasteiger partial charge in [0.2, 0.25) is 0 Å². The first kappa shape index (κ1) is 35.7. The molecule has 0 bridgehead atoms. The van der Waals surface area contributed by atoms with Gasteiger partial charge in [0.15, 0.2) is 0 Å². The predicted molar refractivity (Wildman–Crippen MR) is 218 cm³/mol. The van der Waals surface area contributed by atoms with Crippen LogP contribution in [0.1, 0.15) is 115 Å². The monoisotopic (exact) mass is 692 g/mol. The SMILES string of the molecule is CCCCc1ccnc(-n2c3ccccc3c3ccc(Oc4cc(C(C)C)cc(-n5nc(C)c([C@H]6C(C)=C[C@H](C)CC6C)c5CC(C)C)c4)cc32)c1. The van der Waals surface area contributed by atoms with Crippen molar-refractivity contribution >= 4 is 21.8 Å². The number of nitrogens with zero attached hydrogens (tertiary/aromatic N) is 4. The highest BCUT2D eigenvalue weighted by atomic mass is 16.5. The summed E-state index contributed by atoms with van der Waals surface area (Å²) in [7, 11) is 0. The molecule has 1 aliphatic rings. The summed E-state index contributed by atoms with van der Waals surface area (Å²) in [5.41, 5.74) is 11.2. The Morgan fingerprint density at radius 3 is 2.40 bits per heavy atom. The van der Waals surface area contributed by atoms with Gasteiger partial charge >= 0.3 is 0 Å². The molecule has 3 aromatic heterocycles. The number of aromatic nitrogens is 4. The molecule has 270 valence electrons. The standard InChI is InChI=1S/C47H56N4O/c1-10-11-14-35-19-20-48-45(24-35)50-42-16-13-12-15-40(42)41-18-17-38(28-43(41)50)52-39-26-36(30(4)5)25-37(27-39)51-44(21-29(2)3)47(34(9)49-51)46-32(7)22-31(6)23-33(46)8/h12-13,15-20,22,24-31,33,46H,10-11,14,21,23H2,1-9H3/t31-,33?,46-/m0/s1. The van der Waals surface area contributed by atoms with E-state index in [0.717, 1.165) is 52.6 Å². The van der Waals surface area contributed by atoms with Crippen LogP contribution in [0.5, 0.6) is 11.5 Å². The number of rotatable bonds is 11. The minimum absolute atomic E-state index is 0.327. The van der Waals surface area contributed by atoms with E-state index >= 15 is 0 Å². The average Bonchev–Trinajstić information content (AvgIpc) is 3.60. The van der Waals surface area contributed by atoms with Crippen molar-refractivity contribution in [3.63, 3.8) is 0 Å². The molecule has 3 heterocycles. The molecule has 5 heteroatoms. The molecule has 3 atom stereocenters. The molecule has 0 radical (unpaired) electrons. The maximum Gasteiger partial charge on any atom is 0.137 e. The third-order valence-electron chi connectivity index (χ3n) is 11.0. The second-order valence-electron chi connectivity index (χ2n) is 16.2. The Labute approximate surface area is 310 Å². The molecule has 1 unspecified atom stereocenters. The zero-order valence-electron chi connectivity index (χ0n) is 32.7. The molecule has 0 saturated heterocycles. The quantitative estimate of drug-likeness (QED) is 0.127. The lowest BCUT2D eigenvalue weighted by atomic mass is 9.72. The van der Waals surface area contributed by atoms with Gasteiger partial charge < -0.3 is 4.74 Å². The number of allylic oxidation sites excluding steroid dienone is 2. The number of ether oxygens (including phenoxy) is 1. The lowest BCUT2D eigenvalue weighted by Gasteiger charge is -2.33. The summed E-state index contributed by atoms with van der Waals surface area (Å²) in [5, 5.41) is 7.71. The van der Waals surface area contributed by atoms with Gasteiger partial charge in [0.25, 0.3) is 0 Å². The highest BCUT2D eigenvalue weighted by molar-refractivity contribution is 6.09. The Balaban J connectivity index is 1.33. The molecular weight excluding hydrogens is 637 g/mol. The van der Waals surface area contributed by atoms with Crippen LogP contribution in [0.4, 0.5) is 0 Å². The van der Waals surface area contributed by atoms with Gasteiger partial charge in [-0.1, -0.05) is 84.7 Å². The Bertz CT molecular complexity index is 2250. The number of unbranched alkanes of at least 4 members (excludes halogenated alkanes) is 1. The first-order chi connectivity index (χ1) is 25.0. The summed E-state index contributed by atoms with van der Waals surface area (Å²) >= 11 is 0. The highest BCUT2D eigenvalue weighted by Crippen LogP contribution is 2.44. The van der Waals surface area contributed by atoms with Crippen LogP contribution in [-0.2, 0) is 12.8 Å². The summed E-state index contributed by atoms with van der Waals surface area (Å²) in [6.45, 7) is 20.7. The maximum absolute atomic E-state index is 6.84. The number of pyridine rings is 1. The molecule has 0 amide bonds. The number of hydrogen-bond acceptors (Lipinski definition) is 3. The molecule has 7 rings (SSSR count). The molecule has 0 N–H and O–H groups in total. The fourth-order valence-electron chi connectivity index (χ4n) is 8.73. The summed E-state index contributed by atoms with van der Waals surface area (Å²) in [6, 6.07) is 26.2. The number of hydrogen-bond donors (Lipinski definition) is 0. The predicted octanol–water partition coefficient (Wildman–Crippen LogP) is 12.8. The van der Waals surface area contributed by atoms with Gasteiger partial charge in [-0.15, -0.1) is 0 Å². The molecular formula is C47H56N4O. The lowest BCUT2D eigenvalue weighted by Crippen LogP contribution is -2.21. The minimum Gasteiger partial charge on any atom is -0.457 e. The number of para-hydroxylation sites is 1. The van der Waals surface area contributed by atoms with Crippen molar-refractivity contribution in [3.8, 4) is 23.0 Å². The normalized spacial score (nSPS) is 17.8. The molecule has 6 aromatic rings. The molecule has 0 aliphatic heterocycles. The van der Waals surface area contributed by atoms with E-state index in [9.17, 15) is 0 Å². The molecule has 5 nitrogen and oxygen atoms in total. The van der Waals surface area contributed by atoms with Crippen molar-refractivity contribution in [2.24, 2.45) is 17.8 Å². The van der Waals surface area contributed by atoms with Crippen molar-refractivity contribution in [1.29, 1.82) is 0 Å². The molecule has 0 saturated carbocycles. The largest absolute Gasteiger partial charge is 0.457 e. The van der Waals surface area contributed by atoms with Crippen LogP contribution < -0.4 is 4.74 Å². The minimum atomic E-state index is 0.327. The average molecular weight is 693 g/mol. The van der Waals surface area contributed by atoms with Gasteiger partial charge in [-0.25, -0.2) is 9.67 Å². The second-order valence-corrected chi connectivity index (χ2v) is 16.2. The smallest absolute Gasteiger partial charge is 0.137 e. The molecule has 0 fully saturated rings. The highest BCUT2D eigenvalue weighted by Gasteiger charge is 2.33. The first-order valence-corrected chi connectivity index (χ1v) is 19.6. The number of fused-ring (bicyclic) bond motifs is 3. The van der Waals surface area contributed by atoms with Gasteiger partial charge in [0.05, 0.1) is 22.4 Å². The van der Waals surface area contributed by atoms with E-state index in [4.69, 9.17) is 14.8 Å². The summed E-state index contributed by atoms with van der Waals surface area (Å²) < 4.78 is 11.4. The van der Waals surface area contributed by atoms with Crippen LogP contribution >= 0.6 is 0 Å². The third kappa shape index (κ3) is 6.95. The maximum atomic E-state index is 6.84. The fraction of sp³-hybridized carbons (Fsp3) is 0.404. The molecule has 3 aromatic carbocycles. The second kappa shape index (κ2) is 14.8. The molecule has 0 spiro atoms. The van der Waals surface area contributed by atoms with Crippen LogP contribution in [0.25, 0.3) is 33.3 Å². The molecule has 52 heavy (non-hydrogen) atoms. The van der Waals surface area contributed by atoms with Crippen LogP contribution in [-0.4, -0.2) is 19.3 Å². The van der Waals surface area contributed by atoms with E-state index < -0.39 is 0 Å². The van der Waals surface area contributed by atoms with Crippen LogP contribution in [0.15, 0.2) is 90.6 Å². The van der Waals surface area contributed by atoms with E-state index in [1.165, 1.54) is 58.0 Å². The number of aryl methyl sites for hydroxylation is 2. The zero-order valence-corrected chi connectivity index (χ0v) is 32.7. The van der Waals surface area contributed by atoms with Gasteiger partial charge in [-0.2, -0.15) is 5.10 Å². The van der Waals surface area contributed by atoms with Crippen molar-refractivity contribution in [2.45, 2.75) is 106 Å². The van der Waals surface area contributed by atoms with Crippen LogP contribution in [0, 0.1) is 24.7 Å². The topological polar surface area (TPSA) is 44.9 Å². The Kier molecular flexibility index (Phi) is 10.2. The van der Waals surface area contributed by atoms with Crippen LogP contribution in [0.2, 0.25) is 0 Å². The summed E-state index contributed by atoms with van der Waals surface area (Å²) in [6.07, 6.45) is 10.0. The van der Waals surface area contributed by atoms with Crippen LogP contribution in [0.3, 0.4) is 0 Å². The lowest BCUT2D eigenvalue weighted by molar-refractivity contribution is 0.388. The van der Waals surface area contributed by atoms with E-state index in [1.807, 2.05) is 6.20 Å². The zero-order chi connectivity index (χ0) is 36.7. The van der Waals surface area contributed by atoms with Crippen molar-refractivity contribution in [1.82, 2.24) is 19.3 Å². The number of benzene rings is 3. The fourth-order valence-corrected chi connectivity index (χ4v) is 8.73. The Morgan fingerprint density at radius 2 is 1.65 bits per heavy atom. The van der Waals surface area contributed by atoms with Gasteiger partial charge in [-0.05, 0) is 117 Å². The van der Waals surface area contributed by atoms with Crippen molar-refractivity contribution < 1.29 is 4.74 Å².